The van der Waals surface area contributed by atoms with E-state index in [2.05, 4.69) is 10.4 Å². The van der Waals surface area contributed by atoms with E-state index in [1.54, 1.807) is 0 Å². The van der Waals surface area contributed by atoms with Gasteiger partial charge in [0.05, 0.1) is 6.04 Å². The minimum absolute atomic E-state index is 0.144. The molecule has 1 N–H and O–H groups in total. The molecule has 0 aliphatic heterocycles. The Labute approximate surface area is 115 Å². The van der Waals surface area contributed by atoms with Crippen LogP contribution in [0.25, 0.3) is 0 Å². The molecule has 4 nitrogen and oxygen atoms in total. The third kappa shape index (κ3) is 3.01. The summed E-state index contributed by atoms with van der Waals surface area (Å²) in [6.45, 7) is -0.912. The van der Waals surface area contributed by atoms with Crippen molar-refractivity contribution in [2.24, 2.45) is 0 Å². The highest BCUT2D eigenvalue weighted by molar-refractivity contribution is 5.92. The minimum atomic E-state index is -2.83. The van der Waals surface area contributed by atoms with Crippen LogP contribution in [0.3, 0.4) is 0 Å². The lowest BCUT2D eigenvalue weighted by Gasteiger charge is -2.17. The predicted molar refractivity (Wildman–Crippen MR) is 70.4 cm³/mol. The van der Waals surface area contributed by atoms with Gasteiger partial charge in [0.2, 0.25) is 0 Å². The van der Waals surface area contributed by atoms with E-state index in [1.165, 1.54) is 12.3 Å². The third-order valence-corrected chi connectivity index (χ3v) is 3.00. The van der Waals surface area contributed by atoms with E-state index in [9.17, 15) is 13.6 Å². The van der Waals surface area contributed by atoms with Crippen molar-refractivity contribution < 1.29 is 13.6 Å². The van der Waals surface area contributed by atoms with Crippen molar-refractivity contribution in [3.63, 3.8) is 0 Å². The lowest BCUT2D eigenvalue weighted by Crippen LogP contribution is -2.30. The number of nitrogens with one attached hydrogen (secondary N) is 1. The van der Waals surface area contributed by atoms with Gasteiger partial charge in [-0.1, -0.05) is 37.3 Å². The van der Waals surface area contributed by atoms with Gasteiger partial charge in [-0.05, 0) is 18.1 Å². The fourth-order valence-corrected chi connectivity index (χ4v) is 1.99. The number of alkyl halides is 2. The lowest BCUT2D eigenvalue weighted by atomic mass is 10.0. The van der Waals surface area contributed by atoms with Crippen LogP contribution in [0, 0.1) is 0 Å². The molecule has 1 unspecified atom stereocenters. The molecule has 0 aliphatic rings. The molecule has 0 fully saturated rings. The highest BCUT2D eigenvalue weighted by atomic mass is 19.3. The molecule has 0 radical (unpaired) electrons. The van der Waals surface area contributed by atoms with Crippen molar-refractivity contribution in [3.8, 4) is 0 Å². The molecule has 0 bridgehead atoms. The van der Waals surface area contributed by atoms with Gasteiger partial charge in [-0.3, -0.25) is 4.79 Å². The molecular weight excluding hydrogens is 264 g/mol. The number of benzene rings is 1. The van der Waals surface area contributed by atoms with Gasteiger partial charge in [-0.25, -0.2) is 0 Å². The summed E-state index contributed by atoms with van der Waals surface area (Å²) in [6, 6.07) is 10.5. The fourth-order valence-electron chi connectivity index (χ4n) is 1.99. The maximum atomic E-state index is 12.7. The number of nitrogens with zero attached hydrogens (tertiary/aromatic N) is 2. The normalized spacial score (nSPS) is 12.4. The molecular formula is C14H15F2N3O. The van der Waals surface area contributed by atoms with Gasteiger partial charge in [0.15, 0.2) is 0 Å². The van der Waals surface area contributed by atoms with Crippen molar-refractivity contribution in [2.45, 2.75) is 25.9 Å². The van der Waals surface area contributed by atoms with Crippen LogP contribution >= 0.6 is 0 Å². The van der Waals surface area contributed by atoms with Crippen LogP contribution in [-0.4, -0.2) is 15.7 Å². The van der Waals surface area contributed by atoms with E-state index >= 15 is 0 Å². The first-order valence-corrected chi connectivity index (χ1v) is 6.31. The van der Waals surface area contributed by atoms with Gasteiger partial charge in [0, 0.05) is 6.20 Å². The quantitative estimate of drug-likeness (QED) is 0.913. The molecule has 6 heteroatoms. The largest absolute Gasteiger partial charge is 0.344 e. The Balaban J connectivity index is 2.16. The Morgan fingerprint density at radius 2 is 2.00 bits per heavy atom. The third-order valence-electron chi connectivity index (χ3n) is 3.00. The molecule has 1 aromatic heterocycles. The summed E-state index contributed by atoms with van der Waals surface area (Å²) >= 11 is 0. The average molecular weight is 279 g/mol. The maximum absolute atomic E-state index is 12.7. The van der Waals surface area contributed by atoms with E-state index < -0.39 is 12.5 Å². The molecule has 20 heavy (non-hydrogen) atoms. The molecule has 1 amide bonds. The second-order valence-corrected chi connectivity index (χ2v) is 4.28. The number of rotatable bonds is 5. The highest BCUT2D eigenvalue weighted by Crippen LogP contribution is 2.18. The SMILES string of the molecule is CCC(NC(=O)c1ccnn1C(F)F)c1ccccc1. The molecule has 0 aliphatic carbocycles. The Morgan fingerprint density at radius 1 is 1.30 bits per heavy atom. The van der Waals surface area contributed by atoms with Gasteiger partial charge in [0.1, 0.15) is 5.69 Å². The van der Waals surface area contributed by atoms with Crippen molar-refractivity contribution in [3.05, 3.63) is 53.9 Å². The molecule has 1 aromatic carbocycles. The van der Waals surface area contributed by atoms with Crippen molar-refractivity contribution in [2.75, 3.05) is 0 Å². The van der Waals surface area contributed by atoms with Gasteiger partial charge >= 0.3 is 6.55 Å². The lowest BCUT2D eigenvalue weighted by molar-refractivity contribution is 0.0507. The standard InChI is InChI=1S/C14H15F2N3O/c1-2-11(10-6-4-3-5-7-10)18-13(20)12-8-9-17-19(12)14(15)16/h3-9,11,14H,2H2,1H3,(H,18,20). The van der Waals surface area contributed by atoms with E-state index in [1.807, 2.05) is 37.3 Å². The molecule has 0 saturated carbocycles. The first-order valence-electron chi connectivity index (χ1n) is 6.31. The van der Waals surface area contributed by atoms with Crippen LogP contribution in [0.2, 0.25) is 0 Å². The predicted octanol–water partition coefficient (Wildman–Crippen LogP) is 3.16. The summed E-state index contributed by atoms with van der Waals surface area (Å²) < 4.78 is 25.8. The maximum Gasteiger partial charge on any atom is 0.333 e. The summed E-state index contributed by atoms with van der Waals surface area (Å²) in [4.78, 5) is 12.1. The number of carbonyl (C=O) groups excluding carboxylic acids is 1. The van der Waals surface area contributed by atoms with E-state index in [0.29, 0.717) is 11.1 Å². The van der Waals surface area contributed by atoms with Crippen molar-refractivity contribution in [1.82, 2.24) is 15.1 Å². The van der Waals surface area contributed by atoms with E-state index in [4.69, 9.17) is 0 Å². The number of hydrogen-bond acceptors (Lipinski definition) is 2. The second kappa shape index (κ2) is 6.27. The summed E-state index contributed by atoms with van der Waals surface area (Å²) in [7, 11) is 0. The van der Waals surface area contributed by atoms with Crippen LogP contribution in [0.5, 0.6) is 0 Å². The van der Waals surface area contributed by atoms with Crippen LogP contribution in [-0.2, 0) is 0 Å². The number of aromatic nitrogens is 2. The molecule has 0 spiro atoms. The molecule has 2 aromatic rings. The first kappa shape index (κ1) is 14.2. The van der Waals surface area contributed by atoms with E-state index in [-0.39, 0.29) is 11.7 Å². The number of amides is 1. The monoisotopic (exact) mass is 279 g/mol. The smallest absolute Gasteiger partial charge is 0.333 e. The number of hydrogen-bond donors (Lipinski definition) is 1. The molecule has 106 valence electrons. The van der Waals surface area contributed by atoms with Crippen LogP contribution in [0.4, 0.5) is 8.78 Å². The molecule has 2 rings (SSSR count). The van der Waals surface area contributed by atoms with Crippen LogP contribution < -0.4 is 5.32 Å². The second-order valence-electron chi connectivity index (χ2n) is 4.28. The topological polar surface area (TPSA) is 46.9 Å². The zero-order valence-electron chi connectivity index (χ0n) is 11.0. The highest BCUT2D eigenvalue weighted by Gasteiger charge is 2.20. The summed E-state index contributed by atoms with van der Waals surface area (Å²) in [5.41, 5.74) is 0.792. The van der Waals surface area contributed by atoms with E-state index in [0.717, 1.165) is 5.56 Å². The zero-order valence-corrected chi connectivity index (χ0v) is 11.0. The van der Waals surface area contributed by atoms with Crippen molar-refractivity contribution >= 4 is 5.91 Å². The van der Waals surface area contributed by atoms with Gasteiger partial charge in [0.25, 0.3) is 5.91 Å². The van der Waals surface area contributed by atoms with Gasteiger partial charge in [-0.2, -0.15) is 18.6 Å². The first-order chi connectivity index (χ1) is 9.63. The Morgan fingerprint density at radius 3 is 2.60 bits per heavy atom. The Hall–Kier alpha value is -2.24. The minimum Gasteiger partial charge on any atom is -0.344 e. The molecule has 1 atom stereocenters. The molecule has 1 heterocycles. The summed E-state index contributed by atoms with van der Waals surface area (Å²) in [5, 5.41) is 6.20. The summed E-state index contributed by atoms with van der Waals surface area (Å²) in [5.74, 6) is -0.557. The molecule has 0 saturated heterocycles. The average Bonchev–Trinajstić information content (AvgIpc) is 2.95. The zero-order chi connectivity index (χ0) is 14.5. The van der Waals surface area contributed by atoms with Crippen LogP contribution in [0.15, 0.2) is 42.6 Å². The Kier molecular flexibility index (Phi) is 4.45. The van der Waals surface area contributed by atoms with Crippen LogP contribution in [0.1, 0.15) is 42.0 Å². The number of carbonyl (C=O) groups is 1. The number of halogens is 2. The Bertz CT molecular complexity index is 569. The van der Waals surface area contributed by atoms with Gasteiger partial charge in [-0.15, -0.1) is 0 Å². The fraction of sp³-hybridized carbons (Fsp3) is 0.286. The van der Waals surface area contributed by atoms with Gasteiger partial charge < -0.3 is 5.32 Å². The summed E-state index contributed by atoms with van der Waals surface area (Å²) in [6.07, 6.45) is 1.85. The van der Waals surface area contributed by atoms with Crippen molar-refractivity contribution in [1.29, 1.82) is 0 Å².